The Hall–Kier alpha value is -1.78. The predicted molar refractivity (Wildman–Crippen MR) is 81.3 cm³/mol. The number of amides is 1. The molecule has 5 heteroatoms. The molecule has 1 aromatic heterocycles. The number of benzene rings is 1. The maximum Gasteiger partial charge on any atom is 0.267 e. The Labute approximate surface area is 124 Å². The Morgan fingerprint density at radius 2 is 2.10 bits per heavy atom. The molecule has 0 spiro atoms. The van der Waals surface area contributed by atoms with E-state index in [1.165, 1.54) is 11.1 Å². The first kappa shape index (κ1) is 14.6. The van der Waals surface area contributed by atoms with Crippen LogP contribution in [0, 0.1) is 0 Å². The summed E-state index contributed by atoms with van der Waals surface area (Å²) >= 11 is 0. The number of fused-ring (bicyclic) bond motifs is 1. The summed E-state index contributed by atoms with van der Waals surface area (Å²) in [7, 11) is 0. The first-order valence-electron chi connectivity index (χ1n) is 6.57. The number of H-pyrrole nitrogens is 1. The molecule has 1 amide bonds. The first-order valence-corrected chi connectivity index (χ1v) is 6.57. The minimum absolute atomic E-state index is 0. The molecule has 1 unspecified atom stereocenters. The maximum atomic E-state index is 11.9. The Balaban J connectivity index is 0.00000147. The summed E-state index contributed by atoms with van der Waals surface area (Å²) in [5.74, 6) is -0.0603. The van der Waals surface area contributed by atoms with Crippen molar-refractivity contribution >= 4 is 18.3 Å². The predicted octanol–water partition coefficient (Wildman–Crippen LogP) is 2.05. The number of carbonyl (C=O) groups excluding carboxylic acids is 1. The van der Waals surface area contributed by atoms with Crippen molar-refractivity contribution < 1.29 is 4.79 Å². The second-order valence-corrected chi connectivity index (χ2v) is 4.75. The molecule has 2 heterocycles. The number of hydrogen-bond donors (Lipinski definition) is 3. The molecule has 20 heavy (non-hydrogen) atoms. The van der Waals surface area contributed by atoms with Gasteiger partial charge in [0, 0.05) is 18.8 Å². The van der Waals surface area contributed by atoms with Crippen LogP contribution in [0.25, 0.3) is 0 Å². The van der Waals surface area contributed by atoms with Gasteiger partial charge in [-0.15, -0.1) is 12.4 Å². The van der Waals surface area contributed by atoms with Gasteiger partial charge < -0.3 is 15.6 Å². The third-order valence-electron chi connectivity index (χ3n) is 3.52. The van der Waals surface area contributed by atoms with Crippen LogP contribution in [0.1, 0.15) is 27.7 Å². The third kappa shape index (κ3) is 3.03. The lowest BCUT2D eigenvalue weighted by Crippen LogP contribution is -2.38. The number of nitrogens with one attached hydrogen (secondary N) is 3. The number of halogens is 1. The van der Waals surface area contributed by atoms with Crippen LogP contribution in [0.5, 0.6) is 0 Å². The molecule has 3 rings (SSSR count). The normalized spacial score (nSPS) is 16.9. The number of rotatable bonds is 3. The van der Waals surface area contributed by atoms with E-state index in [2.05, 4.69) is 33.8 Å². The molecular formula is C15H18ClN3O. The lowest BCUT2D eigenvalue weighted by atomic mass is 9.94. The molecule has 106 valence electrons. The van der Waals surface area contributed by atoms with Gasteiger partial charge in [0.05, 0.1) is 0 Å². The van der Waals surface area contributed by atoms with Crippen molar-refractivity contribution in [2.45, 2.75) is 12.5 Å². The third-order valence-corrected chi connectivity index (χ3v) is 3.52. The van der Waals surface area contributed by atoms with Crippen LogP contribution in [0.2, 0.25) is 0 Å². The molecule has 0 bridgehead atoms. The monoisotopic (exact) mass is 291 g/mol. The molecule has 0 fully saturated rings. The zero-order chi connectivity index (χ0) is 13.1. The van der Waals surface area contributed by atoms with Crippen LogP contribution in [-0.2, 0) is 6.42 Å². The molecule has 2 aromatic rings. The summed E-state index contributed by atoms with van der Waals surface area (Å²) < 4.78 is 0. The van der Waals surface area contributed by atoms with Crippen LogP contribution >= 0.6 is 12.4 Å². The molecule has 0 saturated carbocycles. The zero-order valence-corrected chi connectivity index (χ0v) is 11.9. The minimum Gasteiger partial charge on any atom is -0.357 e. The highest BCUT2D eigenvalue weighted by Gasteiger charge is 2.19. The number of carbonyl (C=O) groups is 1. The van der Waals surface area contributed by atoms with Crippen molar-refractivity contribution in [1.82, 2.24) is 15.6 Å². The fraction of sp³-hybridized carbons (Fsp3) is 0.267. The van der Waals surface area contributed by atoms with E-state index in [4.69, 9.17) is 0 Å². The van der Waals surface area contributed by atoms with Gasteiger partial charge in [-0.2, -0.15) is 0 Å². The Kier molecular flexibility index (Phi) is 4.82. The molecular weight excluding hydrogens is 274 g/mol. The van der Waals surface area contributed by atoms with Gasteiger partial charge >= 0.3 is 0 Å². The Morgan fingerprint density at radius 1 is 1.25 bits per heavy atom. The zero-order valence-electron chi connectivity index (χ0n) is 11.1. The Morgan fingerprint density at radius 3 is 2.90 bits per heavy atom. The quantitative estimate of drug-likeness (QED) is 0.811. The highest BCUT2D eigenvalue weighted by Crippen LogP contribution is 2.21. The summed E-state index contributed by atoms with van der Waals surface area (Å²) in [4.78, 5) is 14.8. The maximum absolute atomic E-state index is 11.9. The van der Waals surface area contributed by atoms with Gasteiger partial charge in [-0.1, -0.05) is 24.3 Å². The topological polar surface area (TPSA) is 56.9 Å². The van der Waals surface area contributed by atoms with Crippen molar-refractivity contribution in [2.75, 3.05) is 13.1 Å². The van der Waals surface area contributed by atoms with Gasteiger partial charge in [0.25, 0.3) is 5.91 Å². The van der Waals surface area contributed by atoms with Crippen LogP contribution in [0.3, 0.4) is 0 Å². The SMILES string of the molecule is Cl.O=C(NCC1NCCc2ccccc21)c1ccc[nH]1. The average Bonchev–Trinajstić information content (AvgIpc) is 2.99. The average molecular weight is 292 g/mol. The summed E-state index contributed by atoms with van der Waals surface area (Å²) in [5, 5.41) is 6.41. The van der Waals surface area contributed by atoms with Crippen molar-refractivity contribution in [2.24, 2.45) is 0 Å². The van der Waals surface area contributed by atoms with Crippen LogP contribution in [0.4, 0.5) is 0 Å². The summed E-state index contributed by atoms with van der Waals surface area (Å²) in [6, 6.07) is 12.2. The van der Waals surface area contributed by atoms with E-state index in [0.717, 1.165) is 13.0 Å². The summed E-state index contributed by atoms with van der Waals surface area (Å²) in [6.07, 6.45) is 2.81. The molecule has 0 radical (unpaired) electrons. The molecule has 4 nitrogen and oxygen atoms in total. The largest absolute Gasteiger partial charge is 0.357 e. The van der Waals surface area contributed by atoms with Crippen molar-refractivity contribution in [3.05, 3.63) is 59.4 Å². The molecule has 1 atom stereocenters. The lowest BCUT2D eigenvalue weighted by molar-refractivity contribution is 0.0944. The first-order chi connectivity index (χ1) is 9.34. The smallest absolute Gasteiger partial charge is 0.267 e. The fourth-order valence-electron chi connectivity index (χ4n) is 2.54. The highest BCUT2D eigenvalue weighted by atomic mass is 35.5. The van der Waals surface area contributed by atoms with E-state index >= 15 is 0 Å². The van der Waals surface area contributed by atoms with Crippen LogP contribution < -0.4 is 10.6 Å². The van der Waals surface area contributed by atoms with E-state index < -0.39 is 0 Å². The molecule has 1 aliphatic rings. The molecule has 1 aliphatic heterocycles. The standard InChI is InChI=1S/C15H17N3O.ClH/c19-15(13-6-3-8-16-13)18-10-14-12-5-2-1-4-11(12)7-9-17-14;/h1-6,8,14,16-17H,7,9-10H2,(H,18,19);1H. The van der Waals surface area contributed by atoms with E-state index in [0.29, 0.717) is 12.2 Å². The molecule has 3 N–H and O–H groups in total. The van der Waals surface area contributed by atoms with Gasteiger partial charge in [-0.05, 0) is 36.2 Å². The Bertz CT molecular complexity index is 568. The second-order valence-electron chi connectivity index (χ2n) is 4.75. The van der Waals surface area contributed by atoms with E-state index in [1.54, 1.807) is 12.3 Å². The van der Waals surface area contributed by atoms with Gasteiger partial charge in [0.2, 0.25) is 0 Å². The van der Waals surface area contributed by atoms with Gasteiger partial charge in [-0.25, -0.2) is 0 Å². The number of aromatic nitrogens is 1. The van der Waals surface area contributed by atoms with E-state index in [9.17, 15) is 4.79 Å². The fourth-order valence-corrected chi connectivity index (χ4v) is 2.54. The number of aromatic amines is 1. The molecule has 1 aromatic carbocycles. The second kappa shape index (κ2) is 6.59. The van der Waals surface area contributed by atoms with E-state index in [-0.39, 0.29) is 24.4 Å². The van der Waals surface area contributed by atoms with Gasteiger partial charge in [0.15, 0.2) is 0 Å². The molecule has 0 saturated heterocycles. The highest BCUT2D eigenvalue weighted by molar-refractivity contribution is 5.92. The minimum atomic E-state index is -0.0603. The van der Waals surface area contributed by atoms with Gasteiger partial charge in [-0.3, -0.25) is 4.79 Å². The number of hydrogen-bond acceptors (Lipinski definition) is 2. The summed E-state index contributed by atoms with van der Waals surface area (Å²) in [6.45, 7) is 1.56. The summed E-state index contributed by atoms with van der Waals surface area (Å²) in [5.41, 5.74) is 3.27. The van der Waals surface area contributed by atoms with Crippen LogP contribution in [-0.4, -0.2) is 24.0 Å². The van der Waals surface area contributed by atoms with Crippen molar-refractivity contribution in [1.29, 1.82) is 0 Å². The van der Waals surface area contributed by atoms with Gasteiger partial charge in [0.1, 0.15) is 5.69 Å². The molecule has 0 aliphatic carbocycles. The van der Waals surface area contributed by atoms with E-state index in [1.807, 2.05) is 12.1 Å². The lowest BCUT2D eigenvalue weighted by Gasteiger charge is -2.27. The van der Waals surface area contributed by atoms with Crippen LogP contribution in [0.15, 0.2) is 42.6 Å². The van der Waals surface area contributed by atoms with Crippen molar-refractivity contribution in [3.8, 4) is 0 Å². The van der Waals surface area contributed by atoms with Crippen molar-refractivity contribution in [3.63, 3.8) is 0 Å².